The predicted molar refractivity (Wildman–Crippen MR) is 72.4 cm³/mol. The van der Waals surface area contributed by atoms with Crippen molar-refractivity contribution in [3.8, 4) is 0 Å². The lowest BCUT2D eigenvalue weighted by atomic mass is 10.3. The molecule has 1 aromatic heterocycles. The van der Waals surface area contributed by atoms with Crippen LogP contribution in [-0.4, -0.2) is 38.0 Å². The molecule has 0 aromatic carbocycles. The fraction of sp³-hybridized carbons (Fsp3) is 0.455. The van der Waals surface area contributed by atoms with E-state index in [4.69, 9.17) is 5.11 Å². The molecule has 1 fully saturated rings. The second kappa shape index (κ2) is 5.51. The lowest BCUT2D eigenvalue weighted by molar-refractivity contribution is -0.120. The van der Waals surface area contributed by atoms with Crippen LogP contribution in [0.1, 0.15) is 28.1 Å². The summed E-state index contributed by atoms with van der Waals surface area (Å²) in [4.78, 5) is 22.3. The van der Waals surface area contributed by atoms with Gasteiger partial charge in [-0.3, -0.25) is 4.79 Å². The standard InChI is InChI=1S/C11H14N2O5S2/c1-6-4-9(19-10(6)11(15)16)20(17,18)12-5-8(14)13-7-2-3-7/h4,7,12H,2-3,5H2,1H3,(H,13,14)(H,15,16). The molecule has 2 rings (SSSR count). The summed E-state index contributed by atoms with van der Waals surface area (Å²) in [6.07, 6.45) is 1.84. The molecule has 1 saturated carbocycles. The summed E-state index contributed by atoms with van der Waals surface area (Å²) >= 11 is 0.671. The maximum Gasteiger partial charge on any atom is 0.346 e. The Kier molecular flexibility index (Phi) is 4.11. The Hall–Kier alpha value is -1.45. The van der Waals surface area contributed by atoms with Gasteiger partial charge in [0.25, 0.3) is 10.0 Å². The molecule has 0 radical (unpaired) electrons. The Morgan fingerprint density at radius 1 is 1.45 bits per heavy atom. The van der Waals surface area contributed by atoms with Gasteiger partial charge in [-0.2, -0.15) is 0 Å². The van der Waals surface area contributed by atoms with Crippen LogP contribution in [-0.2, 0) is 14.8 Å². The molecule has 0 atom stereocenters. The van der Waals surface area contributed by atoms with E-state index in [1.165, 1.54) is 13.0 Å². The molecule has 1 amide bonds. The summed E-state index contributed by atoms with van der Waals surface area (Å²) in [6.45, 7) is 1.18. The Labute approximate surface area is 120 Å². The van der Waals surface area contributed by atoms with Gasteiger partial charge >= 0.3 is 5.97 Å². The highest BCUT2D eigenvalue weighted by Gasteiger charge is 2.25. The molecule has 1 aromatic rings. The molecule has 1 aliphatic rings. The number of carboxylic acid groups (broad SMARTS) is 1. The first-order valence-corrected chi connectivity index (χ1v) is 8.22. The molecular formula is C11H14N2O5S2. The smallest absolute Gasteiger partial charge is 0.346 e. The van der Waals surface area contributed by atoms with E-state index in [1.807, 2.05) is 0 Å². The summed E-state index contributed by atoms with van der Waals surface area (Å²) in [5.41, 5.74) is 0.380. The van der Waals surface area contributed by atoms with Crippen LogP contribution >= 0.6 is 11.3 Å². The first-order valence-electron chi connectivity index (χ1n) is 5.92. The molecule has 1 aliphatic carbocycles. The predicted octanol–water partition coefficient (Wildman–Crippen LogP) is 0.312. The van der Waals surface area contributed by atoms with Gasteiger partial charge in [-0.1, -0.05) is 0 Å². The number of sulfonamides is 1. The summed E-state index contributed by atoms with van der Waals surface area (Å²) in [5.74, 6) is -1.55. The molecule has 110 valence electrons. The Bertz CT molecular complexity index is 646. The normalized spacial score (nSPS) is 15.1. The summed E-state index contributed by atoms with van der Waals surface area (Å²) in [7, 11) is -3.86. The van der Waals surface area contributed by atoms with Crippen molar-refractivity contribution in [1.29, 1.82) is 0 Å². The van der Waals surface area contributed by atoms with E-state index in [9.17, 15) is 18.0 Å². The van der Waals surface area contributed by atoms with Gasteiger partial charge in [0.2, 0.25) is 5.91 Å². The zero-order chi connectivity index (χ0) is 14.9. The van der Waals surface area contributed by atoms with Gasteiger partial charge in [-0.15, -0.1) is 11.3 Å². The van der Waals surface area contributed by atoms with Crippen molar-refractivity contribution in [3.05, 3.63) is 16.5 Å². The molecule has 1 heterocycles. The largest absolute Gasteiger partial charge is 0.477 e. The minimum atomic E-state index is -3.86. The number of carbonyl (C=O) groups excluding carboxylic acids is 1. The molecule has 0 spiro atoms. The second-order valence-electron chi connectivity index (χ2n) is 4.55. The van der Waals surface area contributed by atoms with Gasteiger partial charge in [-0.25, -0.2) is 17.9 Å². The van der Waals surface area contributed by atoms with E-state index in [-0.39, 0.29) is 27.6 Å². The van der Waals surface area contributed by atoms with Crippen molar-refractivity contribution < 1.29 is 23.1 Å². The molecule has 0 saturated heterocycles. The highest BCUT2D eigenvalue weighted by Crippen LogP contribution is 2.25. The maximum atomic E-state index is 12.0. The van der Waals surface area contributed by atoms with Crippen molar-refractivity contribution in [1.82, 2.24) is 10.0 Å². The van der Waals surface area contributed by atoms with Crippen LogP contribution in [0.4, 0.5) is 0 Å². The third kappa shape index (κ3) is 3.56. The quantitative estimate of drug-likeness (QED) is 0.699. The number of amides is 1. The molecule has 9 heteroatoms. The van der Waals surface area contributed by atoms with Crippen LogP contribution < -0.4 is 10.0 Å². The second-order valence-corrected chi connectivity index (χ2v) is 7.60. The first kappa shape index (κ1) is 14.9. The monoisotopic (exact) mass is 318 g/mol. The Morgan fingerprint density at radius 2 is 2.10 bits per heavy atom. The zero-order valence-electron chi connectivity index (χ0n) is 10.7. The number of rotatable bonds is 6. The summed E-state index contributed by atoms with van der Waals surface area (Å²) in [6, 6.07) is 1.45. The van der Waals surface area contributed by atoms with Crippen LogP contribution in [0.5, 0.6) is 0 Å². The highest BCUT2D eigenvalue weighted by molar-refractivity contribution is 7.91. The average molecular weight is 318 g/mol. The lowest BCUT2D eigenvalue weighted by Crippen LogP contribution is -2.37. The minimum Gasteiger partial charge on any atom is -0.477 e. The van der Waals surface area contributed by atoms with Gasteiger partial charge in [0.1, 0.15) is 9.09 Å². The SMILES string of the molecule is Cc1cc(S(=O)(=O)NCC(=O)NC2CC2)sc1C(=O)O. The zero-order valence-corrected chi connectivity index (χ0v) is 12.3. The molecule has 0 aliphatic heterocycles. The molecular weight excluding hydrogens is 304 g/mol. The van der Waals surface area contributed by atoms with Crippen LogP contribution in [0.3, 0.4) is 0 Å². The third-order valence-corrected chi connectivity index (χ3v) is 5.82. The Balaban J connectivity index is 2.03. The minimum absolute atomic E-state index is 0.0205. The van der Waals surface area contributed by atoms with E-state index in [0.717, 1.165) is 12.8 Å². The van der Waals surface area contributed by atoms with Crippen molar-refractivity contribution in [2.75, 3.05) is 6.54 Å². The van der Waals surface area contributed by atoms with Crippen LogP contribution in [0.15, 0.2) is 10.3 Å². The Morgan fingerprint density at radius 3 is 2.60 bits per heavy atom. The lowest BCUT2D eigenvalue weighted by Gasteiger charge is -2.05. The van der Waals surface area contributed by atoms with Crippen LogP contribution in [0.2, 0.25) is 0 Å². The van der Waals surface area contributed by atoms with Gasteiger partial charge < -0.3 is 10.4 Å². The topological polar surface area (TPSA) is 113 Å². The van der Waals surface area contributed by atoms with Gasteiger partial charge in [0.05, 0.1) is 6.54 Å². The van der Waals surface area contributed by atoms with E-state index in [1.54, 1.807) is 0 Å². The molecule has 3 N–H and O–H groups in total. The molecule has 0 unspecified atom stereocenters. The number of hydrogen-bond donors (Lipinski definition) is 3. The number of hydrogen-bond acceptors (Lipinski definition) is 5. The number of carboxylic acids is 1. The summed E-state index contributed by atoms with van der Waals surface area (Å²) in [5, 5.41) is 11.6. The third-order valence-electron chi connectivity index (χ3n) is 2.72. The summed E-state index contributed by atoms with van der Waals surface area (Å²) < 4.78 is 26.0. The maximum absolute atomic E-state index is 12.0. The van der Waals surface area contributed by atoms with Crippen molar-refractivity contribution in [2.45, 2.75) is 30.0 Å². The van der Waals surface area contributed by atoms with Crippen molar-refractivity contribution in [3.63, 3.8) is 0 Å². The first-order chi connectivity index (χ1) is 9.29. The fourth-order valence-electron chi connectivity index (χ4n) is 1.54. The van der Waals surface area contributed by atoms with E-state index < -0.39 is 16.0 Å². The molecule has 7 nitrogen and oxygen atoms in total. The number of carbonyl (C=O) groups is 2. The van der Waals surface area contributed by atoms with E-state index >= 15 is 0 Å². The van der Waals surface area contributed by atoms with Crippen molar-refractivity contribution in [2.24, 2.45) is 0 Å². The van der Waals surface area contributed by atoms with Gasteiger partial charge in [0, 0.05) is 6.04 Å². The van der Waals surface area contributed by atoms with E-state index in [2.05, 4.69) is 10.0 Å². The fourth-order valence-corrected chi connectivity index (χ4v) is 3.94. The highest BCUT2D eigenvalue weighted by atomic mass is 32.2. The number of aryl methyl sites for hydroxylation is 1. The number of thiophene rings is 1. The number of nitrogens with one attached hydrogen (secondary N) is 2. The van der Waals surface area contributed by atoms with Gasteiger partial charge in [0.15, 0.2) is 0 Å². The number of aromatic carboxylic acids is 1. The van der Waals surface area contributed by atoms with Gasteiger partial charge in [-0.05, 0) is 31.4 Å². The van der Waals surface area contributed by atoms with Crippen LogP contribution in [0.25, 0.3) is 0 Å². The van der Waals surface area contributed by atoms with Crippen molar-refractivity contribution >= 4 is 33.2 Å². The van der Waals surface area contributed by atoms with E-state index in [0.29, 0.717) is 16.9 Å². The molecule has 20 heavy (non-hydrogen) atoms. The van der Waals surface area contributed by atoms with Crippen LogP contribution in [0, 0.1) is 6.92 Å². The molecule has 0 bridgehead atoms. The average Bonchev–Trinajstić information content (AvgIpc) is 3.06.